The van der Waals surface area contributed by atoms with Gasteiger partial charge < -0.3 is 4.90 Å². The Morgan fingerprint density at radius 3 is 2.88 bits per heavy atom. The van der Waals surface area contributed by atoms with E-state index in [0.29, 0.717) is 11.6 Å². The van der Waals surface area contributed by atoms with E-state index in [1.807, 2.05) is 4.68 Å². The van der Waals surface area contributed by atoms with E-state index < -0.39 is 0 Å². The van der Waals surface area contributed by atoms with Gasteiger partial charge in [-0.3, -0.25) is 4.68 Å². The van der Waals surface area contributed by atoms with Gasteiger partial charge in [-0.05, 0) is 13.0 Å². The van der Waals surface area contributed by atoms with Crippen molar-refractivity contribution in [3.05, 3.63) is 17.0 Å². The fraction of sp³-hybridized carbons (Fsp3) is 0.667. The van der Waals surface area contributed by atoms with Crippen molar-refractivity contribution >= 4 is 0 Å². The van der Waals surface area contributed by atoms with E-state index in [1.54, 1.807) is 0 Å². The third kappa shape index (κ3) is 1.96. The second kappa shape index (κ2) is 4.26. The highest BCUT2D eigenvalue weighted by Crippen LogP contribution is 2.22. The lowest BCUT2D eigenvalue weighted by atomic mass is 10.1. The Morgan fingerprint density at radius 2 is 2.25 bits per heavy atom. The Morgan fingerprint density at radius 1 is 1.50 bits per heavy atom. The van der Waals surface area contributed by atoms with E-state index in [4.69, 9.17) is 5.26 Å². The van der Waals surface area contributed by atoms with Gasteiger partial charge in [0.05, 0.1) is 0 Å². The van der Waals surface area contributed by atoms with Gasteiger partial charge in [0, 0.05) is 37.3 Å². The van der Waals surface area contributed by atoms with Crippen molar-refractivity contribution in [3.8, 4) is 6.07 Å². The van der Waals surface area contributed by atoms with Crippen LogP contribution in [0.5, 0.6) is 0 Å². The molecule has 0 radical (unpaired) electrons. The molecule has 0 bridgehead atoms. The van der Waals surface area contributed by atoms with Crippen LogP contribution < -0.4 is 0 Å². The molecule has 0 atom stereocenters. The second-order valence-electron chi connectivity index (χ2n) is 4.95. The molecule has 0 aliphatic carbocycles. The minimum Gasteiger partial charge on any atom is -0.302 e. The fourth-order valence-corrected chi connectivity index (χ4v) is 2.21. The van der Waals surface area contributed by atoms with Crippen LogP contribution in [0.15, 0.2) is 0 Å². The summed E-state index contributed by atoms with van der Waals surface area (Å²) >= 11 is 0. The minimum atomic E-state index is 0.565. The van der Waals surface area contributed by atoms with Crippen LogP contribution in [0, 0.1) is 17.2 Å². The number of fused-ring (bicyclic) bond motifs is 1. The van der Waals surface area contributed by atoms with Crippen molar-refractivity contribution in [2.75, 3.05) is 13.6 Å². The van der Waals surface area contributed by atoms with Crippen molar-refractivity contribution in [3.63, 3.8) is 0 Å². The van der Waals surface area contributed by atoms with E-state index >= 15 is 0 Å². The van der Waals surface area contributed by atoms with Crippen LogP contribution in [-0.4, -0.2) is 28.3 Å². The first-order valence-corrected chi connectivity index (χ1v) is 5.79. The summed E-state index contributed by atoms with van der Waals surface area (Å²) in [6, 6.07) is 2.21. The summed E-state index contributed by atoms with van der Waals surface area (Å²) in [4.78, 5) is 2.24. The van der Waals surface area contributed by atoms with E-state index in [-0.39, 0.29) is 0 Å². The monoisotopic (exact) mass is 218 g/mol. The van der Waals surface area contributed by atoms with Crippen molar-refractivity contribution in [1.29, 1.82) is 5.26 Å². The van der Waals surface area contributed by atoms with Crippen LogP contribution >= 0.6 is 0 Å². The van der Waals surface area contributed by atoms with Crippen molar-refractivity contribution in [2.45, 2.75) is 33.4 Å². The second-order valence-corrected chi connectivity index (χ2v) is 4.95. The number of hydrogen-bond acceptors (Lipinski definition) is 3. The molecule has 0 spiro atoms. The molecule has 0 unspecified atom stereocenters. The lowest BCUT2D eigenvalue weighted by Gasteiger charge is -2.23. The normalized spacial score (nSPS) is 16.2. The highest BCUT2D eigenvalue weighted by molar-refractivity contribution is 5.36. The Labute approximate surface area is 96.5 Å². The molecule has 0 fully saturated rings. The van der Waals surface area contributed by atoms with Gasteiger partial charge in [-0.25, -0.2) is 0 Å². The maximum atomic E-state index is 9.08. The van der Waals surface area contributed by atoms with Crippen molar-refractivity contribution in [2.24, 2.45) is 5.92 Å². The Hall–Kier alpha value is -1.34. The van der Waals surface area contributed by atoms with Crippen LogP contribution in [0.3, 0.4) is 0 Å². The number of likely N-dealkylation sites (N-methyl/N-ethyl adjacent to an activating group) is 1. The lowest BCUT2D eigenvalue weighted by molar-refractivity contribution is 0.305. The highest BCUT2D eigenvalue weighted by Gasteiger charge is 2.23. The van der Waals surface area contributed by atoms with Crippen molar-refractivity contribution in [1.82, 2.24) is 14.7 Å². The third-order valence-electron chi connectivity index (χ3n) is 2.97. The van der Waals surface area contributed by atoms with E-state index in [0.717, 1.165) is 31.6 Å². The fourth-order valence-electron chi connectivity index (χ4n) is 2.21. The molecule has 1 aromatic heterocycles. The summed E-state index contributed by atoms with van der Waals surface area (Å²) in [5.41, 5.74) is 3.02. The Kier molecular flexibility index (Phi) is 2.97. The maximum absolute atomic E-state index is 9.08. The number of nitrogens with zero attached hydrogens (tertiary/aromatic N) is 4. The average molecular weight is 218 g/mol. The number of aromatic nitrogens is 2. The average Bonchev–Trinajstić information content (AvgIpc) is 2.55. The van der Waals surface area contributed by atoms with Gasteiger partial charge in [0.25, 0.3) is 0 Å². The van der Waals surface area contributed by atoms with Gasteiger partial charge >= 0.3 is 0 Å². The van der Waals surface area contributed by atoms with Gasteiger partial charge in [0.2, 0.25) is 0 Å². The number of nitriles is 1. The predicted octanol–water partition coefficient (Wildman–Crippen LogP) is 1.40. The standard InChI is InChI=1S/C12H18N4/c1-9(2)7-16-12-4-5-15(3)8-10(12)11(6-13)14-16/h9H,4-5,7-8H2,1-3H3. The summed E-state index contributed by atoms with van der Waals surface area (Å²) in [6.45, 7) is 7.18. The smallest absolute Gasteiger partial charge is 0.167 e. The molecule has 0 saturated carbocycles. The molecule has 1 aliphatic heterocycles. The van der Waals surface area contributed by atoms with E-state index in [2.05, 4.69) is 37.0 Å². The van der Waals surface area contributed by atoms with Crippen LogP contribution in [0.2, 0.25) is 0 Å². The van der Waals surface area contributed by atoms with Gasteiger partial charge in [-0.1, -0.05) is 13.8 Å². The van der Waals surface area contributed by atoms with Crippen LogP contribution in [0.25, 0.3) is 0 Å². The van der Waals surface area contributed by atoms with Crippen LogP contribution in [-0.2, 0) is 19.5 Å². The van der Waals surface area contributed by atoms with E-state index in [9.17, 15) is 0 Å². The summed E-state index contributed by atoms with van der Waals surface area (Å²) in [7, 11) is 2.09. The molecule has 2 rings (SSSR count). The molecule has 4 heteroatoms. The first kappa shape index (κ1) is 11.2. The Bertz CT molecular complexity index is 425. The first-order chi connectivity index (χ1) is 7.61. The largest absolute Gasteiger partial charge is 0.302 e. The summed E-state index contributed by atoms with van der Waals surface area (Å²) in [5.74, 6) is 0.565. The molecule has 0 amide bonds. The molecule has 2 heterocycles. The zero-order valence-electron chi connectivity index (χ0n) is 10.2. The summed E-state index contributed by atoms with van der Waals surface area (Å²) in [6.07, 6.45) is 1.01. The predicted molar refractivity (Wildman–Crippen MR) is 61.8 cm³/mol. The van der Waals surface area contributed by atoms with Crippen molar-refractivity contribution < 1.29 is 0 Å². The first-order valence-electron chi connectivity index (χ1n) is 5.79. The molecule has 0 N–H and O–H groups in total. The molecule has 4 nitrogen and oxygen atoms in total. The highest BCUT2D eigenvalue weighted by atomic mass is 15.3. The van der Waals surface area contributed by atoms with Crippen LogP contribution in [0.4, 0.5) is 0 Å². The third-order valence-corrected chi connectivity index (χ3v) is 2.97. The molecule has 86 valence electrons. The number of hydrogen-bond donors (Lipinski definition) is 0. The van der Waals surface area contributed by atoms with Gasteiger partial charge in [0.1, 0.15) is 6.07 Å². The van der Waals surface area contributed by atoms with Crippen LogP contribution in [0.1, 0.15) is 30.8 Å². The zero-order valence-corrected chi connectivity index (χ0v) is 10.2. The van der Waals surface area contributed by atoms with E-state index in [1.165, 1.54) is 5.69 Å². The maximum Gasteiger partial charge on any atom is 0.167 e. The molecule has 0 aromatic carbocycles. The summed E-state index contributed by atoms with van der Waals surface area (Å²) < 4.78 is 2.03. The van der Waals surface area contributed by atoms with Gasteiger partial charge in [-0.15, -0.1) is 0 Å². The zero-order chi connectivity index (χ0) is 11.7. The van der Waals surface area contributed by atoms with Gasteiger partial charge in [-0.2, -0.15) is 10.4 Å². The molecule has 0 saturated heterocycles. The molecule has 1 aromatic rings. The SMILES string of the molecule is CC(C)Cn1nc(C#N)c2c1CCN(C)C2. The Balaban J connectivity index is 2.38. The topological polar surface area (TPSA) is 44.9 Å². The number of rotatable bonds is 2. The molecule has 16 heavy (non-hydrogen) atoms. The summed E-state index contributed by atoms with van der Waals surface area (Å²) in [5, 5.41) is 13.5. The lowest BCUT2D eigenvalue weighted by Crippen LogP contribution is -2.28. The minimum absolute atomic E-state index is 0.565. The molecule has 1 aliphatic rings. The van der Waals surface area contributed by atoms with Gasteiger partial charge in [0.15, 0.2) is 5.69 Å². The molecular weight excluding hydrogens is 200 g/mol. The molecular formula is C12H18N4. The quantitative estimate of drug-likeness (QED) is 0.753.